The number of carbonyl (C=O) groups excluding carboxylic acids is 1. The van der Waals surface area contributed by atoms with Crippen molar-refractivity contribution < 1.29 is 4.79 Å². The third-order valence-electron chi connectivity index (χ3n) is 3.44. The molecule has 0 saturated carbocycles. The number of nitrogens with one attached hydrogen (secondary N) is 1. The van der Waals surface area contributed by atoms with Gasteiger partial charge in [-0.3, -0.25) is 4.79 Å². The van der Waals surface area contributed by atoms with Crippen molar-refractivity contribution in [1.29, 1.82) is 0 Å². The van der Waals surface area contributed by atoms with Crippen molar-refractivity contribution in [3.05, 3.63) is 35.4 Å². The van der Waals surface area contributed by atoms with E-state index >= 15 is 0 Å². The summed E-state index contributed by atoms with van der Waals surface area (Å²) in [4.78, 5) is 11.3. The Bertz CT molecular complexity index is 389. The molecule has 1 aliphatic rings. The summed E-state index contributed by atoms with van der Waals surface area (Å²) in [6, 6.07) is 8.40. The van der Waals surface area contributed by atoms with Crippen molar-refractivity contribution in [2.75, 3.05) is 6.54 Å². The topological polar surface area (TPSA) is 55.1 Å². The lowest BCUT2D eigenvalue weighted by molar-refractivity contribution is -0.119. The van der Waals surface area contributed by atoms with Crippen LogP contribution < -0.4 is 11.1 Å². The molecule has 0 bridgehead atoms. The van der Waals surface area contributed by atoms with E-state index in [4.69, 9.17) is 5.73 Å². The summed E-state index contributed by atoms with van der Waals surface area (Å²) in [7, 11) is 0. The van der Waals surface area contributed by atoms with Crippen molar-refractivity contribution in [2.24, 2.45) is 5.73 Å². The average molecular weight is 232 g/mol. The van der Waals surface area contributed by atoms with E-state index in [2.05, 4.69) is 36.5 Å². The van der Waals surface area contributed by atoms with Crippen LogP contribution in [0.2, 0.25) is 0 Å². The van der Waals surface area contributed by atoms with Gasteiger partial charge in [-0.1, -0.05) is 31.2 Å². The Morgan fingerprint density at radius 1 is 1.35 bits per heavy atom. The van der Waals surface area contributed by atoms with E-state index in [9.17, 15) is 4.79 Å². The molecule has 0 fully saturated rings. The molecule has 0 unspecified atom stereocenters. The molecule has 3 nitrogen and oxygen atoms in total. The number of hydrogen-bond acceptors (Lipinski definition) is 2. The van der Waals surface area contributed by atoms with E-state index in [0.29, 0.717) is 6.42 Å². The summed E-state index contributed by atoms with van der Waals surface area (Å²) in [5.74, 6) is -0.221. The van der Waals surface area contributed by atoms with Crippen molar-refractivity contribution in [3.8, 4) is 0 Å². The molecule has 1 amide bonds. The highest BCUT2D eigenvalue weighted by atomic mass is 16.1. The molecule has 0 spiro atoms. The summed E-state index contributed by atoms with van der Waals surface area (Å²) >= 11 is 0. The monoisotopic (exact) mass is 232 g/mol. The molecule has 1 aliphatic carbocycles. The lowest BCUT2D eigenvalue weighted by Gasteiger charge is -2.29. The zero-order valence-corrected chi connectivity index (χ0v) is 10.3. The molecular formula is C14H20N2O. The zero-order valence-electron chi connectivity index (χ0n) is 10.3. The molecule has 0 heterocycles. The summed E-state index contributed by atoms with van der Waals surface area (Å²) in [6.45, 7) is 3.06. The quantitative estimate of drug-likeness (QED) is 0.806. The Balaban J connectivity index is 2.18. The van der Waals surface area contributed by atoms with E-state index < -0.39 is 0 Å². The molecule has 1 aromatic carbocycles. The number of fused-ring (bicyclic) bond motifs is 1. The number of primary amides is 1. The SMILES string of the molecule is CCCNC1(CC(N)=O)Cc2ccccc2C1. The number of amides is 1. The minimum atomic E-state index is -0.221. The van der Waals surface area contributed by atoms with Gasteiger partial charge >= 0.3 is 0 Å². The highest BCUT2D eigenvalue weighted by molar-refractivity contribution is 5.75. The van der Waals surface area contributed by atoms with E-state index in [1.165, 1.54) is 11.1 Å². The predicted octanol–water partition coefficient (Wildman–Crippen LogP) is 1.40. The first-order valence-corrected chi connectivity index (χ1v) is 6.25. The number of benzene rings is 1. The number of rotatable bonds is 5. The van der Waals surface area contributed by atoms with Gasteiger partial charge in [0.15, 0.2) is 0 Å². The van der Waals surface area contributed by atoms with Crippen molar-refractivity contribution in [3.63, 3.8) is 0 Å². The van der Waals surface area contributed by atoms with Gasteiger partial charge in [-0.15, -0.1) is 0 Å². The first-order valence-electron chi connectivity index (χ1n) is 6.25. The van der Waals surface area contributed by atoms with E-state index in [1.54, 1.807) is 0 Å². The van der Waals surface area contributed by atoms with Crippen LogP contribution in [0.5, 0.6) is 0 Å². The van der Waals surface area contributed by atoms with Gasteiger partial charge in [0, 0.05) is 12.0 Å². The first-order chi connectivity index (χ1) is 8.15. The maximum Gasteiger partial charge on any atom is 0.219 e. The number of carbonyl (C=O) groups is 1. The predicted molar refractivity (Wildman–Crippen MR) is 68.7 cm³/mol. The van der Waals surface area contributed by atoms with Crippen LogP contribution >= 0.6 is 0 Å². The van der Waals surface area contributed by atoms with Crippen LogP contribution in [-0.2, 0) is 17.6 Å². The highest BCUT2D eigenvalue weighted by Crippen LogP contribution is 2.32. The lowest BCUT2D eigenvalue weighted by Crippen LogP contribution is -2.49. The molecule has 2 rings (SSSR count). The Hall–Kier alpha value is -1.35. The van der Waals surface area contributed by atoms with Gasteiger partial charge in [-0.2, -0.15) is 0 Å². The molecule has 0 radical (unpaired) electrons. The fraction of sp³-hybridized carbons (Fsp3) is 0.500. The summed E-state index contributed by atoms with van der Waals surface area (Å²) in [5.41, 5.74) is 7.93. The maximum absolute atomic E-state index is 11.3. The summed E-state index contributed by atoms with van der Waals surface area (Å²) < 4.78 is 0. The zero-order chi connectivity index (χ0) is 12.3. The third-order valence-corrected chi connectivity index (χ3v) is 3.44. The van der Waals surface area contributed by atoms with Crippen molar-refractivity contribution >= 4 is 5.91 Å². The van der Waals surface area contributed by atoms with Gasteiger partial charge in [0.2, 0.25) is 5.91 Å². The van der Waals surface area contributed by atoms with Crippen LogP contribution in [0.4, 0.5) is 0 Å². The molecule has 3 N–H and O–H groups in total. The Kier molecular flexibility index (Phi) is 3.48. The Labute approximate surface area is 102 Å². The molecule has 17 heavy (non-hydrogen) atoms. The van der Waals surface area contributed by atoms with Gasteiger partial charge in [0.1, 0.15) is 0 Å². The van der Waals surface area contributed by atoms with Gasteiger partial charge in [0.25, 0.3) is 0 Å². The molecule has 0 atom stereocenters. The molecular weight excluding hydrogens is 212 g/mol. The molecule has 92 valence electrons. The van der Waals surface area contributed by atoms with Crippen LogP contribution in [0.1, 0.15) is 30.9 Å². The minimum Gasteiger partial charge on any atom is -0.370 e. The van der Waals surface area contributed by atoms with Gasteiger partial charge < -0.3 is 11.1 Å². The van der Waals surface area contributed by atoms with E-state index in [-0.39, 0.29) is 11.4 Å². The van der Waals surface area contributed by atoms with Crippen LogP contribution in [0.3, 0.4) is 0 Å². The maximum atomic E-state index is 11.3. The molecule has 0 aromatic heterocycles. The second-order valence-electron chi connectivity index (χ2n) is 4.97. The fourth-order valence-corrected chi connectivity index (χ4v) is 2.73. The molecule has 0 saturated heterocycles. The second-order valence-corrected chi connectivity index (χ2v) is 4.97. The van der Waals surface area contributed by atoms with Crippen LogP contribution in [0.25, 0.3) is 0 Å². The third kappa shape index (κ3) is 2.67. The van der Waals surface area contributed by atoms with Crippen LogP contribution in [0, 0.1) is 0 Å². The molecule has 3 heteroatoms. The van der Waals surface area contributed by atoms with Crippen LogP contribution in [0.15, 0.2) is 24.3 Å². The standard InChI is InChI=1S/C14H20N2O/c1-2-7-16-14(10-13(15)17)8-11-5-3-4-6-12(11)9-14/h3-6,16H,2,7-10H2,1H3,(H2,15,17). The van der Waals surface area contributed by atoms with Crippen molar-refractivity contribution in [1.82, 2.24) is 5.32 Å². The highest BCUT2D eigenvalue weighted by Gasteiger charge is 2.37. The normalized spacial score (nSPS) is 16.8. The van der Waals surface area contributed by atoms with E-state index in [1.807, 2.05) is 0 Å². The first kappa shape index (κ1) is 12.1. The van der Waals surface area contributed by atoms with Crippen molar-refractivity contribution in [2.45, 2.75) is 38.1 Å². The summed E-state index contributed by atoms with van der Waals surface area (Å²) in [6.07, 6.45) is 3.30. The van der Waals surface area contributed by atoms with Gasteiger partial charge in [-0.25, -0.2) is 0 Å². The fourth-order valence-electron chi connectivity index (χ4n) is 2.73. The molecule has 1 aromatic rings. The number of nitrogens with two attached hydrogens (primary N) is 1. The largest absolute Gasteiger partial charge is 0.370 e. The Morgan fingerprint density at radius 3 is 2.41 bits per heavy atom. The Morgan fingerprint density at radius 2 is 1.94 bits per heavy atom. The minimum absolute atomic E-state index is 0.147. The second kappa shape index (κ2) is 4.88. The van der Waals surface area contributed by atoms with Crippen LogP contribution in [-0.4, -0.2) is 18.0 Å². The van der Waals surface area contributed by atoms with E-state index in [0.717, 1.165) is 25.8 Å². The average Bonchev–Trinajstić information content (AvgIpc) is 2.63. The summed E-state index contributed by atoms with van der Waals surface area (Å²) in [5, 5.41) is 3.52. The van der Waals surface area contributed by atoms with Gasteiger partial charge in [-0.05, 0) is 36.9 Å². The molecule has 0 aliphatic heterocycles. The van der Waals surface area contributed by atoms with Gasteiger partial charge in [0.05, 0.1) is 0 Å². The number of hydrogen-bond donors (Lipinski definition) is 2. The lowest BCUT2D eigenvalue weighted by atomic mass is 9.91. The smallest absolute Gasteiger partial charge is 0.219 e.